The van der Waals surface area contributed by atoms with Crippen molar-refractivity contribution in [2.75, 3.05) is 19.6 Å². The number of benzene rings is 2. The normalized spacial score (nSPS) is 13.9. The number of hydrogen-bond donors (Lipinski definition) is 0. The van der Waals surface area contributed by atoms with Crippen LogP contribution in [0.2, 0.25) is 0 Å². The van der Waals surface area contributed by atoms with Crippen molar-refractivity contribution in [3.05, 3.63) is 88.5 Å². The Bertz CT molecular complexity index is 1360. The van der Waals surface area contributed by atoms with Gasteiger partial charge in [0.2, 0.25) is 0 Å². The summed E-state index contributed by atoms with van der Waals surface area (Å²) in [5.41, 5.74) is 3.26. The number of hydrogen-bond acceptors (Lipinski definition) is 5. The first-order valence-electron chi connectivity index (χ1n) is 11.2. The number of pyridine rings is 1. The maximum Gasteiger partial charge on any atom is 0.258 e. The Labute approximate surface area is 192 Å². The van der Waals surface area contributed by atoms with E-state index < -0.39 is 0 Å². The Morgan fingerprint density at radius 1 is 1.00 bits per heavy atom. The van der Waals surface area contributed by atoms with Gasteiger partial charge in [0, 0.05) is 29.9 Å². The quantitative estimate of drug-likeness (QED) is 0.439. The Balaban J connectivity index is 1.28. The third-order valence-electron chi connectivity index (χ3n) is 6.11. The van der Waals surface area contributed by atoms with Gasteiger partial charge in [-0.05, 0) is 67.9 Å². The molecule has 2 aromatic heterocycles. The molecule has 2 aromatic carbocycles. The van der Waals surface area contributed by atoms with Crippen LogP contribution in [0.15, 0.2) is 71.8 Å². The molecular formula is C26H25N5O2. The molecule has 3 heterocycles. The molecule has 166 valence electrons. The van der Waals surface area contributed by atoms with Gasteiger partial charge in [-0.3, -0.25) is 14.0 Å². The van der Waals surface area contributed by atoms with Gasteiger partial charge >= 0.3 is 0 Å². The molecular weight excluding hydrogens is 414 g/mol. The molecule has 0 saturated carbocycles. The minimum absolute atomic E-state index is 0.159. The van der Waals surface area contributed by atoms with Crippen molar-refractivity contribution < 1.29 is 4.74 Å². The minimum Gasteiger partial charge on any atom is -0.489 e. The molecule has 1 saturated heterocycles. The van der Waals surface area contributed by atoms with E-state index in [9.17, 15) is 4.79 Å². The van der Waals surface area contributed by atoms with Crippen LogP contribution in [0.4, 0.5) is 0 Å². The van der Waals surface area contributed by atoms with Crippen LogP contribution >= 0.6 is 0 Å². The number of nitrogens with zero attached hydrogens (tertiary/aromatic N) is 5. The third kappa shape index (κ3) is 4.66. The summed E-state index contributed by atoms with van der Waals surface area (Å²) in [5, 5.41) is 14.5. The van der Waals surface area contributed by atoms with Crippen LogP contribution in [0.25, 0.3) is 16.6 Å². The van der Waals surface area contributed by atoms with E-state index in [0.717, 1.165) is 35.2 Å². The zero-order valence-electron chi connectivity index (χ0n) is 18.4. The average Bonchev–Trinajstić information content (AvgIpc) is 3.51. The number of likely N-dealkylation sites (tertiary alicyclic amines) is 1. The molecule has 0 aliphatic carbocycles. The van der Waals surface area contributed by atoms with Crippen molar-refractivity contribution in [2.24, 2.45) is 0 Å². The highest BCUT2D eigenvalue weighted by Gasteiger charge is 2.12. The second kappa shape index (κ2) is 9.31. The summed E-state index contributed by atoms with van der Waals surface area (Å²) in [6.07, 6.45) is 6.17. The highest BCUT2D eigenvalue weighted by Crippen LogP contribution is 2.19. The van der Waals surface area contributed by atoms with Crippen LogP contribution in [0, 0.1) is 11.3 Å². The lowest BCUT2D eigenvalue weighted by molar-refractivity contribution is 0.305. The molecule has 4 aromatic rings. The summed E-state index contributed by atoms with van der Waals surface area (Å²) < 4.78 is 9.42. The van der Waals surface area contributed by atoms with Crippen LogP contribution in [0.5, 0.6) is 5.75 Å². The van der Waals surface area contributed by atoms with Gasteiger partial charge in [-0.1, -0.05) is 12.1 Å². The lowest BCUT2D eigenvalue weighted by atomic mass is 10.2. The van der Waals surface area contributed by atoms with Crippen LogP contribution in [0.1, 0.15) is 24.0 Å². The first-order valence-corrected chi connectivity index (χ1v) is 11.2. The van der Waals surface area contributed by atoms with Crippen LogP contribution in [-0.4, -0.2) is 38.9 Å². The predicted octanol–water partition coefficient (Wildman–Crippen LogP) is 3.73. The molecule has 1 fully saturated rings. The fourth-order valence-electron chi connectivity index (χ4n) is 4.25. The van der Waals surface area contributed by atoms with Gasteiger partial charge in [-0.15, -0.1) is 0 Å². The first kappa shape index (κ1) is 21.0. The van der Waals surface area contributed by atoms with E-state index in [4.69, 9.17) is 10.00 Å². The van der Waals surface area contributed by atoms with Crippen molar-refractivity contribution in [1.29, 1.82) is 5.26 Å². The van der Waals surface area contributed by atoms with E-state index in [1.54, 1.807) is 29.0 Å². The summed E-state index contributed by atoms with van der Waals surface area (Å²) >= 11 is 0. The largest absolute Gasteiger partial charge is 0.489 e. The highest BCUT2D eigenvalue weighted by atomic mass is 16.5. The number of fused-ring (bicyclic) bond motifs is 1. The number of rotatable bonds is 7. The molecule has 0 spiro atoms. The van der Waals surface area contributed by atoms with Gasteiger partial charge < -0.3 is 9.64 Å². The molecule has 1 aliphatic rings. The Hall–Kier alpha value is -3.89. The van der Waals surface area contributed by atoms with Crippen molar-refractivity contribution in [1.82, 2.24) is 19.2 Å². The molecule has 7 nitrogen and oxygen atoms in total. The van der Waals surface area contributed by atoms with Gasteiger partial charge in [-0.2, -0.15) is 10.4 Å². The Kier molecular flexibility index (Phi) is 5.92. The van der Waals surface area contributed by atoms with Crippen LogP contribution in [0.3, 0.4) is 0 Å². The highest BCUT2D eigenvalue weighted by molar-refractivity contribution is 5.80. The van der Waals surface area contributed by atoms with Crippen LogP contribution < -0.4 is 10.3 Å². The smallest absolute Gasteiger partial charge is 0.258 e. The molecule has 0 amide bonds. The fraction of sp³-hybridized carbons (Fsp3) is 0.269. The summed E-state index contributed by atoms with van der Waals surface area (Å²) in [4.78, 5) is 15.2. The minimum atomic E-state index is -0.159. The van der Waals surface area contributed by atoms with Gasteiger partial charge in [0.05, 0.1) is 29.9 Å². The number of ether oxygens (including phenoxy) is 1. The second-order valence-electron chi connectivity index (χ2n) is 8.33. The lowest BCUT2D eigenvalue weighted by Gasteiger charge is -2.14. The zero-order valence-corrected chi connectivity index (χ0v) is 18.4. The molecule has 0 unspecified atom stereocenters. The second-order valence-corrected chi connectivity index (χ2v) is 8.33. The van der Waals surface area contributed by atoms with Crippen LogP contribution in [-0.2, 0) is 13.2 Å². The van der Waals surface area contributed by atoms with Crippen molar-refractivity contribution >= 4 is 10.9 Å². The molecule has 0 bridgehead atoms. The van der Waals surface area contributed by atoms with Crippen molar-refractivity contribution in [3.8, 4) is 17.5 Å². The molecule has 33 heavy (non-hydrogen) atoms. The molecule has 7 heteroatoms. The number of nitriles is 1. The molecule has 0 N–H and O–H groups in total. The van der Waals surface area contributed by atoms with Gasteiger partial charge in [0.15, 0.2) is 0 Å². The number of aromatic nitrogens is 3. The van der Waals surface area contributed by atoms with Gasteiger partial charge in [0.1, 0.15) is 12.4 Å². The lowest BCUT2D eigenvalue weighted by Crippen LogP contribution is -2.24. The SMILES string of the molecule is N#Cc1ccc(COc2ccn(-c3ccc4c(cnn4CCN4CCCC4)c3)c(=O)c2)cc1. The first-order chi connectivity index (χ1) is 16.2. The van der Waals surface area contributed by atoms with Crippen molar-refractivity contribution in [2.45, 2.75) is 26.0 Å². The van der Waals surface area contributed by atoms with E-state index in [1.165, 1.54) is 32.0 Å². The third-order valence-corrected chi connectivity index (χ3v) is 6.11. The molecule has 5 rings (SSSR count). The standard InChI is InChI=1S/C26H25N5O2/c27-17-20-3-5-21(6-4-20)19-33-24-9-12-30(26(32)16-24)23-7-8-25-22(15-23)18-28-31(25)14-13-29-10-1-2-11-29/h3-9,12,15-16,18H,1-2,10-11,13-14,19H2. The Morgan fingerprint density at radius 3 is 2.58 bits per heavy atom. The van der Waals surface area contributed by atoms with Gasteiger partial charge in [0.25, 0.3) is 5.56 Å². The van der Waals surface area contributed by atoms with E-state index >= 15 is 0 Å². The maximum atomic E-state index is 12.7. The summed E-state index contributed by atoms with van der Waals surface area (Å²) in [6.45, 7) is 4.58. The monoisotopic (exact) mass is 439 g/mol. The van der Waals surface area contributed by atoms with E-state index in [-0.39, 0.29) is 5.56 Å². The zero-order chi connectivity index (χ0) is 22.6. The van der Waals surface area contributed by atoms with E-state index in [1.807, 2.05) is 41.2 Å². The molecule has 0 radical (unpaired) electrons. The summed E-state index contributed by atoms with van der Waals surface area (Å²) in [7, 11) is 0. The molecule has 1 aliphatic heterocycles. The Morgan fingerprint density at radius 2 is 1.82 bits per heavy atom. The van der Waals surface area contributed by atoms with E-state index in [0.29, 0.717) is 17.9 Å². The topological polar surface area (TPSA) is 76.1 Å². The average molecular weight is 440 g/mol. The summed E-state index contributed by atoms with van der Waals surface area (Å²) in [6, 6.07) is 18.6. The van der Waals surface area contributed by atoms with E-state index in [2.05, 4.69) is 16.1 Å². The predicted molar refractivity (Wildman–Crippen MR) is 126 cm³/mol. The van der Waals surface area contributed by atoms with Crippen molar-refractivity contribution in [3.63, 3.8) is 0 Å². The fourth-order valence-corrected chi connectivity index (χ4v) is 4.25. The summed E-state index contributed by atoms with van der Waals surface area (Å²) in [5.74, 6) is 0.511. The molecule has 0 atom stereocenters. The maximum absolute atomic E-state index is 12.7. The van der Waals surface area contributed by atoms with Gasteiger partial charge in [-0.25, -0.2) is 0 Å².